The third-order valence-electron chi connectivity index (χ3n) is 12.9. The maximum Gasteiger partial charge on any atom is 0.361 e. The number of esters is 2. The number of unbranched alkanes of at least 4 members (excludes halogenated alkanes) is 38. The minimum Gasteiger partial charge on any atom is -0.477 e. The summed E-state index contributed by atoms with van der Waals surface area (Å²) >= 11 is 0. The van der Waals surface area contributed by atoms with E-state index in [2.05, 4.69) is 13.8 Å². The lowest BCUT2D eigenvalue weighted by molar-refractivity contribution is -0.870. The fourth-order valence-corrected chi connectivity index (χ4v) is 8.49. The van der Waals surface area contributed by atoms with E-state index in [0.717, 1.165) is 38.5 Å². The van der Waals surface area contributed by atoms with E-state index in [1.165, 1.54) is 218 Å². The quantitative estimate of drug-likeness (QED) is 0.0278. The molecule has 386 valence electrons. The Morgan fingerprint density at radius 1 is 0.400 bits per heavy atom. The van der Waals surface area contributed by atoms with Gasteiger partial charge in [-0.1, -0.05) is 258 Å². The molecule has 0 saturated carbocycles. The zero-order chi connectivity index (χ0) is 47.7. The van der Waals surface area contributed by atoms with Crippen LogP contribution >= 0.6 is 0 Å². The first-order valence-corrected chi connectivity index (χ1v) is 28.2. The average molecular weight is 925 g/mol. The molecule has 0 radical (unpaired) electrons. The third kappa shape index (κ3) is 50.0. The molecular weight excluding hydrogens is 815 g/mol. The summed E-state index contributed by atoms with van der Waals surface area (Å²) in [6.07, 6.45) is 50.3. The summed E-state index contributed by atoms with van der Waals surface area (Å²) < 4.78 is 22.9. The van der Waals surface area contributed by atoms with Crippen LogP contribution < -0.4 is 0 Å². The van der Waals surface area contributed by atoms with Crippen molar-refractivity contribution in [1.29, 1.82) is 0 Å². The first kappa shape index (κ1) is 63.3. The van der Waals surface area contributed by atoms with E-state index in [-0.39, 0.29) is 38.2 Å². The van der Waals surface area contributed by atoms with Gasteiger partial charge in [0.05, 0.1) is 34.4 Å². The Balaban J connectivity index is 4.21. The molecule has 2 atom stereocenters. The molecule has 0 fully saturated rings. The summed E-state index contributed by atoms with van der Waals surface area (Å²) in [5, 5.41) is 9.69. The molecule has 0 aromatic rings. The van der Waals surface area contributed by atoms with Crippen LogP contribution in [0.15, 0.2) is 0 Å². The number of aliphatic carboxylic acids is 1. The Morgan fingerprint density at radius 2 is 0.692 bits per heavy atom. The van der Waals surface area contributed by atoms with Gasteiger partial charge >= 0.3 is 17.9 Å². The molecule has 9 nitrogen and oxygen atoms in total. The van der Waals surface area contributed by atoms with Crippen molar-refractivity contribution in [2.75, 3.05) is 47.5 Å². The number of hydrogen-bond acceptors (Lipinski definition) is 7. The van der Waals surface area contributed by atoms with Gasteiger partial charge in [0.1, 0.15) is 13.2 Å². The molecule has 2 unspecified atom stereocenters. The summed E-state index contributed by atoms with van der Waals surface area (Å²) in [5.74, 6) is -1.97. The lowest BCUT2D eigenvalue weighted by atomic mass is 10.0. The van der Waals surface area contributed by atoms with Crippen LogP contribution in [0.1, 0.15) is 284 Å². The lowest BCUT2D eigenvalue weighted by Gasteiger charge is -2.25. The number of carboxylic acids is 1. The van der Waals surface area contributed by atoms with Crippen LogP contribution in [0.25, 0.3) is 0 Å². The van der Waals surface area contributed by atoms with Gasteiger partial charge in [0.25, 0.3) is 6.29 Å². The summed E-state index contributed by atoms with van der Waals surface area (Å²) in [7, 11) is 5.98. The van der Waals surface area contributed by atoms with Crippen LogP contribution in [0.4, 0.5) is 0 Å². The van der Waals surface area contributed by atoms with Crippen molar-refractivity contribution < 1.29 is 42.9 Å². The zero-order valence-corrected chi connectivity index (χ0v) is 43.9. The number of carbonyl (C=O) groups excluding carboxylic acids is 2. The first-order chi connectivity index (χ1) is 31.6. The van der Waals surface area contributed by atoms with Gasteiger partial charge in [0.15, 0.2) is 6.10 Å². The normalized spacial score (nSPS) is 12.7. The van der Waals surface area contributed by atoms with Gasteiger partial charge in [-0.05, 0) is 12.8 Å². The van der Waals surface area contributed by atoms with Crippen LogP contribution in [0.2, 0.25) is 0 Å². The lowest BCUT2D eigenvalue weighted by Crippen LogP contribution is -2.40. The second-order valence-electron chi connectivity index (χ2n) is 20.6. The van der Waals surface area contributed by atoms with Crippen LogP contribution in [0, 0.1) is 0 Å². The maximum absolute atomic E-state index is 12.9. The summed E-state index contributed by atoms with van der Waals surface area (Å²) in [6.45, 7) is 4.94. The van der Waals surface area contributed by atoms with Crippen molar-refractivity contribution in [2.24, 2.45) is 0 Å². The van der Waals surface area contributed by atoms with E-state index in [1.54, 1.807) is 0 Å². The summed E-state index contributed by atoms with van der Waals surface area (Å²) in [4.78, 5) is 37.4. The molecular formula is C56H110NO8+. The van der Waals surface area contributed by atoms with E-state index in [4.69, 9.17) is 18.9 Å². The van der Waals surface area contributed by atoms with E-state index in [9.17, 15) is 19.5 Å². The third-order valence-corrected chi connectivity index (χ3v) is 12.9. The Labute approximate surface area is 403 Å². The minimum absolute atomic E-state index is 0.172. The average Bonchev–Trinajstić information content (AvgIpc) is 3.27. The molecule has 0 saturated heterocycles. The summed E-state index contributed by atoms with van der Waals surface area (Å²) in [5.41, 5.74) is 0. The van der Waals surface area contributed by atoms with Gasteiger partial charge in [-0.25, -0.2) is 4.79 Å². The second-order valence-corrected chi connectivity index (χ2v) is 20.6. The SMILES string of the molecule is CCCCCCCCCCCCCCCCCCCCCCCCC(=O)OC(COC(=O)CCCCCCCCCCCCCCCCCCCC)COC(OCC[N+](C)(C)C)C(=O)O. The number of carboxylic acid groups (broad SMARTS) is 1. The molecule has 0 aromatic heterocycles. The van der Waals surface area contributed by atoms with Gasteiger partial charge in [-0.15, -0.1) is 0 Å². The van der Waals surface area contributed by atoms with Crippen LogP contribution in [0.5, 0.6) is 0 Å². The van der Waals surface area contributed by atoms with E-state index in [0.29, 0.717) is 17.4 Å². The highest BCUT2D eigenvalue weighted by Gasteiger charge is 2.25. The van der Waals surface area contributed by atoms with Crippen molar-refractivity contribution in [3.05, 3.63) is 0 Å². The molecule has 0 aromatic carbocycles. The fourth-order valence-electron chi connectivity index (χ4n) is 8.49. The Bertz CT molecular complexity index is 1030. The number of likely N-dealkylation sites (N-methyl/N-ethyl adjacent to an activating group) is 1. The second kappa shape index (κ2) is 48.7. The van der Waals surface area contributed by atoms with Crippen molar-refractivity contribution >= 4 is 17.9 Å². The number of nitrogens with zero attached hydrogens (tertiary/aromatic N) is 1. The number of rotatable bonds is 53. The van der Waals surface area contributed by atoms with Crippen LogP contribution in [-0.2, 0) is 33.3 Å². The molecule has 0 spiro atoms. The first-order valence-electron chi connectivity index (χ1n) is 28.2. The van der Waals surface area contributed by atoms with Gasteiger partial charge in [-0.2, -0.15) is 0 Å². The molecule has 0 heterocycles. The molecule has 0 aliphatic rings. The monoisotopic (exact) mass is 925 g/mol. The number of ether oxygens (including phenoxy) is 4. The highest BCUT2D eigenvalue weighted by Crippen LogP contribution is 2.18. The minimum atomic E-state index is -1.50. The van der Waals surface area contributed by atoms with Crippen molar-refractivity contribution in [3.8, 4) is 0 Å². The van der Waals surface area contributed by atoms with Crippen molar-refractivity contribution in [2.45, 2.75) is 296 Å². The molecule has 9 heteroatoms. The molecule has 0 amide bonds. The number of carbonyl (C=O) groups is 3. The standard InChI is InChI=1S/C56H109NO8/c1-6-8-10-12-14-16-18-20-22-24-26-27-28-29-31-33-35-37-39-41-43-45-47-54(59)65-52(51-64-56(55(60)61)62-49-48-57(3,4)5)50-63-53(58)46-44-42-40-38-36-34-32-30-25-23-21-19-17-15-13-11-9-7-2/h52,56H,6-51H2,1-5H3/p+1. The Morgan fingerprint density at radius 3 is 0.985 bits per heavy atom. The van der Waals surface area contributed by atoms with E-state index in [1.807, 2.05) is 21.1 Å². The van der Waals surface area contributed by atoms with Crippen LogP contribution in [-0.4, -0.2) is 87.4 Å². The largest absolute Gasteiger partial charge is 0.477 e. The molecule has 65 heavy (non-hydrogen) atoms. The number of hydrogen-bond donors (Lipinski definition) is 1. The van der Waals surface area contributed by atoms with E-state index >= 15 is 0 Å². The maximum atomic E-state index is 12.9. The van der Waals surface area contributed by atoms with Crippen molar-refractivity contribution in [3.63, 3.8) is 0 Å². The molecule has 1 N–H and O–H groups in total. The smallest absolute Gasteiger partial charge is 0.361 e. The summed E-state index contributed by atoms with van der Waals surface area (Å²) in [6, 6.07) is 0. The van der Waals surface area contributed by atoms with Gasteiger partial charge in [0.2, 0.25) is 0 Å². The molecule has 0 aliphatic carbocycles. The molecule has 0 rings (SSSR count). The Kier molecular flexibility index (Phi) is 47.5. The van der Waals surface area contributed by atoms with Gasteiger partial charge < -0.3 is 28.5 Å². The van der Waals surface area contributed by atoms with Crippen molar-refractivity contribution in [1.82, 2.24) is 0 Å². The van der Waals surface area contributed by atoms with E-state index < -0.39 is 18.4 Å². The zero-order valence-electron chi connectivity index (χ0n) is 43.9. The van der Waals surface area contributed by atoms with Gasteiger partial charge in [0, 0.05) is 12.8 Å². The molecule has 0 aliphatic heterocycles. The topological polar surface area (TPSA) is 108 Å². The predicted molar refractivity (Wildman–Crippen MR) is 272 cm³/mol. The number of quaternary nitrogens is 1. The Hall–Kier alpha value is -1.71. The highest BCUT2D eigenvalue weighted by molar-refractivity contribution is 5.71. The fraction of sp³-hybridized carbons (Fsp3) is 0.946. The molecule has 0 bridgehead atoms. The highest BCUT2D eigenvalue weighted by atomic mass is 16.7. The predicted octanol–water partition coefficient (Wildman–Crippen LogP) is 16.0. The van der Waals surface area contributed by atoms with Gasteiger partial charge in [-0.3, -0.25) is 9.59 Å². The van der Waals surface area contributed by atoms with Crippen LogP contribution in [0.3, 0.4) is 0 Å².